The predicted molar refractivity (Wildman–Crippen MR) is 170 cm³/mol. The van der Waals surface area contributed by atoms with Gasteiger partial charge in [-0.15, -0.1) is 0 Å². The molecule has 1 N–H and O–H groups in total. The number of furan rings is 1. The summed E-state index contributed by atoms with van der Waals surface area (Å²) in [5.74, 6) is 2.32. The van der Waals surface area contributed by atoms with Crippen LogP contribution in [-0.2, 0) is 17.9 Å². The summed E-state index contributed by atoms with van der Waals surface area (Å²) in [6, 6.07) is 18.2. The molecule has 0 spiro atoms. The molecule has 43 heavy (non-hydrogen) atoms. The Balaban J connectivity index is 1.16. The number of thioether (sulfide) groups is 1. The van der Waals surface area contributed by atoms with Crippen molar-refractivity contribution in [2.45, 2.75) is 59.7 Å². The number of rotatable bonds is 9. The van der Waals surface area contributed by atoms with Gasteiger partial charge in [-0.3, -0.25) is 19.8 Å². The van der Waals surface area contributed by atoms with Crippen molar-refractivity contribution in [3.05, 3.63) is 98.6 Å². The second kappa shape index (κ2) is 12.3. The van der Waals surface area contributed by atoms with Gasteiger partial charge in [0, 0.05) is 29.1 Å². The SMILES string of the molecule is Cc1oc2c(C)c(C)c(OCc3ccccc3)c(C)c2c1CN1CCC[C@H]1COc1ccc(C=C2SC(=O)NC2=O)cc1. The van der Waals surface area contributed by atoms with E-state index in [1.54, 1.807) is 6.08 Å². The number of aryl methyl sites for hydroxylation is 3. The standard InChI is InChI=1S/C35H36N2O5S/c1-21-22(2)33-31(23(3)32(21)41-19-26-9-6-5-7-10-26)29(24(4)42-33)18-37-16-8-11-27(37)20-40-28-14-12-25(13-15-28)17-30-34(38)36-35(39)43-30/h5-7,9-10,12-15,17,27H,8,11,16,18-20H2,1-4H3,(H,36,38,39)/t27-/m0/s1. The minimum atomic E-state index is -0.353. The Labute approximate surface area is 256 Å². The molecule has 1 aromatic heterocycles. The van der Waals surface area contributed by atoms with Crippen LogP contribution in [0.5, 0.6) is 11.5 Å². The van der Waals surface area contributed by atoms with Crippen molar-refractivity contribution in [1.82, 2.24) is 10.2 Å². The van der Waals surface area contributed by atoms with Crippen LogP contribution in [0.2, 0.25) is 0 Å². The molecule has 4 aromatic rings. The lowest BCUT2D eigenvalue weighted by molar-refractivity contribution is -0.115. The summed E-state index contributed by atoms with van der Waals surface area (Å²) >= 11 is 0.918. The maximum atomic E-state index is 11.8. The minimum absolute atomic E-state index is 0.288. The highest BCUT2D eigenvalue weighted by Crippen LogP contribution is 2.40. The quantitative estimate of drug-likeness (QED) is 0.199. The average Bonchev–Trinajstić information content (AvgIpc) is 3.68. The van der Waals surface area contributed by atoms with E-state index in [1.165, 1.54) is 5.56 Å². The molecular weight excluding hydrogens is 560 g/mol. The summed E-state index contributed by atoms with van der Waals surface area (Å²) in [7, 11) is 0. The van der Waals surface area contributed by atoms with Gasteiger partial charge in [-0.05, 0) is 99.3 Å². The highest BCUT2D eigenvalue weighted by molar-refractivity contribution is 8.18. The number of likely N-dealkylation sites (tertiary alicyclic amines) is 1. The van der Waals surface area contributed by atoms with Crippen LogP contribution in [0.3, 0.4) is 0 Å². The normalized spacial score (nSPS) is 18.1. The zero-order chi connectivity index (χ0) is 30.1. The summed E-state index contributed by atoms with van der Waals surface area (Å²) in [5.41, 5.74) is 7.53. The maximum absolute atomic E-state index is 11.8. The zero-order valence-electron chi connectivity index (χ0n) is 25.0. The molecule has 0 saturated carbocycles. The lowest BCUT2D eigenvalue weighted by Crippen LogP contribution is -2.33. The molecule has 222 valence electrons. The molecule has 3 aromatic carbocycles. The minimum Gasteiger partial charge on any atom is -0.492 e. The Morgan fingerprint density at radius 1 is 0.977 bits per heavy atom. The fourth-order valence-corrected chi connectivity index (χ4v) is 6.71. The second-order valence-corrected chi connectivity index (χ2v) is 12.3. The van der Waals surface area contributed by atoms with Crippen LogP contribution in [0.4, 0.5) is 4.79 Å². The Bertz CT molecular complexity index is 1710. The first-order valence-corrected chi connectivity index (χ1v) is 15.5. The van der Waals surface area contributed by atoms with E-state index < -0.39 is 0 Å². The smallest absolute Gasteiger partial charge is 0.290 e. The highest BCUT2D eigenvalue weighted by atomic mass is 32.2. The molecule has 2 aliphatic heterocycles. The van der Waals surface area contributed by atoms with Crippen molar-refractivity contribution in [3.8, 4) is 11.5 Å². The molecule has 7 nitrogen and oxygen atoms in total. The van der Waals surface area contributed by atoms with E-state index in [0.717, 1.165) is 93.7 Å². The highest BCUT2D eigenvalue weighted by Gasteiger charge is 2.29. The van der Waals surface area contributed by atoms with Gasteiger partial charge in [0.1, 0.15) is 36.1 Å². The molecule has 3 heterocycles. The molecule has 2 fully saturated rings. The first-order chi connectivity index (χ1) is 20.8. The number of amides is 2. The number of nitrogens with one attached hydrogen (secondary N) is 1. The van der Waals surface area contributed by atoms with Gasteiger partial charge in [-0.25, -0.2) is 0 Å². The van der Waals surface area contributed by atoms with Crippen molar-refractivity contribution < 1.29 is 23.5 Å². The van der Waals surface area contributed by atoms with Gasteiger partial charge in [-0.2, -0.15) is 0 Å². The van der Waals surface area contributed by atoms with Gasteiger partial charge in [0.05, 0.1) is 4.91 Å². The van der Waals surface area contributed by atoms with Gasteiger partial charge in [0.25, 0.3) is 11.1 Å². The monoisotopic (exact) mass is 596 g/mol. The fourth-order valence-electron chi connectivity index (χ4n) is 6.03. The van der Waals surface area contributed by atoms with Crippen molar-refractivity contribution >= 4 is 40.0 Å². The van der Waals surface area contributed by atoms with Crippen LogP contribution in [0.15, 0.2) is 63.9 Å². The van der Waals surface area contributed by atoms with E-state index in [-0.39, 0.29) is 17.2 Å². The second-order valence-electron chi connectivity index (χ2n) is 11.3. The van der Waals surface area contributed by atoms with E-state index in [1.807, 2.05) is 42.5 Å². The molecule has 0 bridgehead atoms. The number of benzene rings is 3. The van der Waals surface area contributed by atoms with E-state index in [2.05, 4.69) is 50.0 Å². The van der Waals surface area contributed by atoms with Crippen LogP contribution in [0.25, 0.3) is 17.0 Å². The molecule has 2 aliphatic rings. The Kier molecular flexibility index (Phi) is 8.32. The maximum Gasteiger partial charge on any atom is 0.290 e. The first-order valence-electron chi connectivity index (χ1n) is 14.7. The van der Waals surface area contributed by atoms with Crippen molar-refractivity contribution in [1.29, 1.82) is 0 Å². The molecule has 0 radical (unpaired) electrons. The number of nitrogens with zero attached hydrogens (tertiary/aromatic N) is 1. The fraction of sp³-hybridized carbons (Fsp3) is 0.314. The topological polar surface area (TPSA) is 81.0 Å². The molecule has 0 aliphatic carbocycles. The Morgan fingerprint density at radius 3 is 2.47 bits per heavy atom. The van der Waals surface area contributed by atoms with Gasteiger partial charge >= 0.3 is 0 Å². The molecule has 6 rings (SSSR count). The summed E-state index contributed by atoms with van der Waals surface area (Å²) in [4.78, 5) is 26.2. The van der Waals surface area contributed by atoms with E-state index in [4.69, 9.17) is 13.9 Å². The Morgan fingerprint density at radius 2 is 1.74 bits per heavy atom. The third-order valence-corrected chi connectivity index (χ3v) is 9.33. The van der Waals surface area contributed by atoms with Crippen LogP contribution in [0.1, 0.15) is 52.0 Å². The van der Waals surface area contributed by atoms with Gasteiger partial charge in [0.2, 0.25) is 0 Å². The number of hydrogen-bond acceptors (Lipinski definition) is 7. The largest absolute Gasteiger partial charge is 0.492 e. The number of fused-ring (bicyclic) bond motifs is 1. The molecule has 1 atom stereocenters. The van der Waals surface area contributed by atoms with Crippen LogP contribution >= 0.6 is 11.8 Å². The summed E-state index contributed by atoms with van der Waals surface area (Å²) < 4.78 is 19.0. The van der Waals surface area contributed by atoms with E-state index in [9.17, 15) is 9.59 Å². The number of imide groups is 1. The van der Waals surface area contributed by atoms with Crippen molar-refractivity contribution in [2.24, 2.45) is 0 Å². The molecule has 8 heteroatoms. The lowest BCUT2D eigenvalue weighted by Gasteiger charge is -2.25. The summed E-state index contributed by atoms with van der Waals surface area (Å²) in [6.45, 7) is 11.4. The first kappa shape index (κ1) is 29.1. The van der Waals surface area contributed by atoms with E-state index in [0.29, 0.717) is 18.1 Å². The third kappa shape index (κ3) is 6.08. The predicted octanol–water partition coefficient (Wildman–Crippen LogP) is 7.61. The van der Waals surface area contributed by atoms with Gasteiger partial charge in [-0.1, -0.05) is 42.5 Å². The van der Waals surface area contributed by atoms with E-state index >= 15 is 0 Å². The number of carbonyl (C=O) groups is 2. The molecule has 2 amide bonds. The van der Waals surface area contributed by atoms with Crippen LogP contribution < -0.4 is 14.8 Å². The molecule has 2 saturated heterocycles. The third-order valence-electron chi connectivity index (χ3n) is 8.52. The number of hydrogen-bond donors (Lipinski definition) is 1. The zero-order valence-corrected chi connectivity index (χ0v) is 25.8. The van der Waals surface area contributed by atoms with Crippen molar-refractivity contribution in [2.75, 3.05) is 13.2 Å². The van der Waals surface area contributed by atoms with Crippen molar-refractivity contribution in [3.63, 3.8) is 0 Å². The summed E-state index contributed by atoms with van der Waals surface area (Å²) in [5, 5.41) is 3.10. The Hall–Kier alpha value is -4.01. The van der Waals surface area contributed by atoms with Crippen LogP contribution in [0, 0.1) is 27.7 Å². The number of ether oxygens (including phenoxy) is 2. The molecular formula is C35H36N2O5S. The van der Waals surface area contributed by atoms with Gasteiger partial charge < -0.3 is 13.9 Å². The van der Waals surface area contributed by atoms with Gasteiger partial charge in [0.15, 0.2) is 0 Å². The lowest BCUT2D eigenvalue weighted by atomic mass is 9.97. The number of carbonyl (C=O) groups excluding carboxylic acids is 2. The molecule has 0 unspecified atom stereocenters. The average molecular weight is 597 g/mol. The summed E-state index contributed by atoms with van der Waals surface area (Å²) in [6.07, 6.45) is 3.91. The van der Waals surface area contributed by atoms with Crippen LogP contribution in [-0.4, -0.2) is 35.2 Å².